The lowest BCUT2D eigenvalue weighted by atomic mass is 10.1. The van der Waals surface area contributed by atoms with Crippen molar-refractivity contribution in [3.63, 3.8) is 0 Å². The lowest BCUT2D eigenvalue weighted by Crippen LogP contribution is -2.24. The van der Waals surface area contributed by atoms with E-state index < -0.39 is 33.3 Å². The van der Waals surface area contributed by atoms with Gasteiger partial charge in [0.2, 0.25) is 0 Å². The van der Waals surface area contributed by atoms with Crippen molar-refractivity contribution in [2.45, 2.75) is 16.2 Å². The smallest absolute Gasteiger partial charge is 0.282 e. The molecule has 4 aromatic rings. The Hall–Kier alpha value is -2.69. The van der Waals surface area contributed by atoms with Gasteiger partial charge in [0.1, 0.15) is 17.5 Å². The Morgan fingerprint density at radius 2 is 1.76 bits per heavy atom. The fraction of sp³-hybridized carbons (Fsp3) is 0.105. The van der Waals surface area contributed by atoms with Crippen molar-refractivity contribution in [2.75, 3.05) is 11.1 Å². The number of benzene rings is 3. The highest BCUT2D eigenvalue weighted by molar-refractivity contribution is 7.92. The Kier molecular flexibility index (Phi) is 4.93. The molecule has 0 spiro atoms. The molecule has 0 amide bonds. The number of halogens is 2. The largest absolute Gasteiger partial charge is 0.612 e. The average Bonchev–Trinajstić information content (AvgIpc) is 3.06. The maximum absolute atomic E-state index is 13.5. The molecule has 10 heteroatoms. The van der Waals surface area contributed by atoms with Gasteiger partial charge in [-0.2, -0.15) is 18.0 Å². The number of rotatable bonds is 5. The second-order valence-electron chi connectivity index (χ2n) is 6.30. The number of hydrogen-bond acceptors (Lipinski definition) is 4. The van der Waals surface area contributed by atoms with E-state index in [1.165, 1.54) is 24.5 Å². The Morgan fingerprint density at radius 3 is 2.41 bits per heavy atom. The van der Waals surface area contributed by atoms with Crippen LogP contribution in [0, 0.1) is 0 Å². The van der Waals surface area contributed by atoms with Crippen LogP contribution in [0.15, 0.2) is 70.5 Å². The molecule has 0 aliphatic rings. The molecule has 0 fully saturated rings. The van der Waals surface area contributed by atoms with Gasteiger partial charge in [-0.3, -0.25) is 0 Å². The molecule has 1 heterocycles. The monoisotopic (exact) mass is 435 g/mol. The summed E-state index contributed by atoms with van der Waals surface area (Å²) in [4.78, 5) is 3.68. The fourth-order valence-electron chi connectivity index (χ4n) is 3.11. The van der Waals surface area contributed by atoms with E-state index in [0.29, 0.717) is 15.7 Å². The standard InChI is InChI=1S/C19H15F2N3O3S2/c1-28(25)13-8-10-15-12(11-13)7-9-16-17(19(20)21)22-24(18(15)16)23-29(26,27)14-5-3-2-4-6-14/h2-11,19,23H,1H3. The van der Waals surface area contributed by atoms with Gasteiger partial charge in [-0.15, -0.1) is 5.10 Å². The third-order valence-corrected chi connectivity index (χ3v) is 6.68. The van der Waals surface area contributed by atoms with E-state index in [1.54, 1.807) is 42.5 Å². The van der Waals surface area contributed by atoms with Gasteiger partial charge in [0, 0.05) is 16.8 Å². The van der Waals surface area contributed by atoms with Crippen LogP contribution in [0.5, 0.6) is 0 Å². The summed E-state index contributed by atoms with van der Waals surface area (Å²) in [5, 5.41) is 5.09. The lowest BCUT2D eigenvalue weighted by molar-refractivity contribution is 0.147. The fourth-order valence-corrected chi connectivity index (χ4v) is 4.64. The molecule has 1 atom stereocenters. The topological polar surface area (TPSA) is 87.1 Å². The van der Waals surface area contributed by atoms with Gasteiger partial charge in [0.05, 0.1) is 4.90 Å². The van der Waals surface area contributed by atoms with E-state index in [-0.39, 0.29) is 15.8 Å². The second kappa shape index (κ2) is 7.29. The van der Waals surface area contributed by atoms with E-state index in [1.807, 2.05) is 0 Å². The molecule has 3 aromatic carbocycles. The van der Waals surface area contributed by atoms with Gasteiger partial charge in [0.25, 0.3) is 16.4 Å². The Bertz CT molecular complexity index is 1310. The van der Waals surface area contributed by atoms with Gasteiger partial charge in [-0.25, -0.2) is 8.78 Å². The molecule has 0 radical (unpaired) electrons. The van der Waals surface area contributed by atoms with Crippen molar-refractivity contribution >= 4 is 42.9 Å². The van der Waals surface area contributed by atoms with Crippen LogP contribution >= 0.6 is 0 Å². The third-order valence-electron chi connectivity index (χ3n) is 4.46. The normalized spacial score (nSPS) is 13.3. The number of nitrogens with zero attached hydrogens (tertiary/aromatic N) is 2. The quantitative estimate of drug-likeness (QED) is 0.483. The minimum absolute atomic E-state index is 0.0221. The van der Waals surface area contributed by atoms with Crippen LogP contribution in [-0.4, -0.2) is 29.1 Å². The number of fused-ring (bicyclic) bond motifs is 3. The van der Waals surface area contributed by atoms with E-state index in [4.69, 9.17) is 0 Å². The predicted molar refractivity (Wildman–Crippen MR) is 108 cm³/mol. The summed E-state index contributed by atoms with van der Waals surface area (Å²) in [5.74, 6) is 0. The Balaban J connectivity index is 1.95. The highest BCUT2D eigenvalue weighted by Crippen LogP contribution is 2.33. The van der Waals surface area contributed by atoms with Crippen molar-refractivity contribution in [2.24, 2.45) is 0 Å². The van der Waals surface area contributed by atoms with Crippen molar-refractivity contribution in [1.29, 1.82) is 0 Å². The van der Waals surface area contributed by atoms with Gasteiger partial charge in [-0.1, -0.05) is 24.3 Å². The summed E-state index contributed by atoms with van der Waals surface area (Å²) >= 11 is -1.22. The highest BCUT2D eigenvalue weighted by Gasteiger charge is 2.23. The first-order chi connectivity index (χ1) is 13.8. The maximum Gasteiger partial charge on any atom is 0.282 e. The van der Waals surface area contributed by atoms with E-state index in [0.717, 1.165) is 4.79 Å². The summed E-state index contributed by atoms with van der Waals surface area (Å²) in [6, 6.07) is 15.6. The second-order valence-corrected chi connectivity index (χ2v) is 9.34. The van der Waals surface area contributed by atoms with Crippen molar-refractivity contribution in [1.82, 2.24) is 9.89 Å². The molecule has 0 aliphatic heterocycles. The summed E-state index contributed by atoms with van der Waals surface area (Å²) < 4.78 is 64.3. The van der Waals surface area contributed by atoms with Crippen LogP contribution in [0.3, 0.4) is 0 Å². The zero-order valence-electron chi connectivity index (χ0n) is 15.0. The number of aromatic nitrogens is 2. The van der Waals surface area contributed by atoms with Crippen molar-refractivity contribution < 1.29 is 21.8 Å². The number of alkyl halides is 2. The first kappa shape index (κ1) is 19.6. The molecule has 29 heavy (non-hydrogen) atoms. The predicted octanol–water partition coefficient (Wildman–Crippen LogP) is 3.80. The molecule has 150 valence electrons. The molecule has 0 saturated carbocycles. The number of hydrogen-bond donors (Lipinski definition) is 1. The minimum atomic E-state index is -4.05. The van der Waals surface area contributed by atoms with Gasteiger partial charge in [-0.05, 0) is 46.9 Å². The van der Waals surface area contributed by atoms with Crippen molar-refractivity contribution in [3.8, 4) is 0 Å². The van der Waals surface area contributed by atoms with Crippen LogP contribution in [0.2, 0.25) is 0 Å². The van der Waals surface area contributed by atoms with Crippen LogP contribution in [0.4, 0.5) is 8.78 Å². The first-order valence-corrected chi connectivity index (χ1v) is 11.5. The van der Waals surface area contributed by atoms with Crippen molar-refractivity contribution in [3.05, 3.63) is 66.4 Å². The molecular formula is C19H15F2N3O3S2. The van der Waals surface area contributed by atoms with Crippen LogP contribution in [-0.2, 0) is 21.2 Å². The van der Waals surface area contributed by atoms with Crippen LogP contribution in [0.1, 0.15) is 12.1 Å². The number of nitrogens with one attached hydrogen (secondary N) is 1. The average molecular weight is 435 g/mol. The molecule has 1 N–H and O–H groups in total. The minimum Gasteiger partial charge on any atom is -0.612 e. The molecule has 1 unspecified atom stereocenters. The van der Waals surface area contributed by atoms with Gasteiger partial charge >= 0.3 is 0 Å². The zero-order valence-corrected chi connectivity index (χ0v) is 16.7. The summed E-state index contributed by atoms with van der Waals surface area (Å²) in [7, 11) is -4.05. The molecule has 0 bridgehead atoms. The van der Waals surface area contributed by atoms with E-state index in [2.05, 4.69) is 9.93 Å². The summed E-state index contributed by atoms with van der Waals surface area (Å²) in [6.45, 7) is 0. The van der Waals surface area contributed by atoms with E-state index in [9.17, 15) is 21.8 Å². The Morgan fingerprint density at radius 1 is 1.07 bits per heavy atom. The zero-order chi connectivity index (χ0) is 20.8. The first-order valence-electron chi connectivity index (χ1n) is 8.43. The SMILES string of the molecule is C[S+]([O-])c1ccc2c(ccc3c(C(F)F)nn(NS(=O)(=O)c4ccccc4)c32)c1. The van der Waals surface area contributed by atoms with Crippen LogP contribution in [0.25, 0.3) is 21.7 Å². The Labute approximate surface area is 168 Å². The lowest BCUT2D eigenvalue weighted by Gasteiger charge is -2.11. The molecular weight excluding hydrogens is 420 g/mol. The third kappa shape index (κ3) is 3.54. The summed E-state index contributed by atoms with van der Waals surface area (Å²) in [5.41, 5.74) is -0.327. The maximum atomic E-state index is 13.5. The summed E-state index contributed by atoms with van der Waals surface area (Å²) in [6.07, 6.45) is -1.35. The molecule has 0 aliphatic carbocycles. The molecule has 6 nitrogen and oxygen atoms in total. The van der Waals surface area contributed by atoms with E-state index >= 15 is 0 Å². The molecule has 1 aromatic heterocycles. The van der Waals surface area contributed by atoms with Gasteiger partial charge < -0.3 is 4.55 Å². The highest BCUT2D eigenvalue weighted by atomic mass is 32.2. The van der Waals surface area contributed by atoms with Gasteiger partial charge in [0.15, 0.2) is 4.90 Å². The molecule has 4 rings (SSSR count). The number of sulfonamides is 1. The molecule has 0 saturated heterocycles. The van der Waals surface area contributed by atoms with Crippen LogP contribution < -0.4 is 4.83 Å².